The van der Waals surface area contributed by atoms with Crippen LogP contribution in [0.3, 0.4) is 0 Å². The molecule has 0 aromatic rings. The number of amides is 3. The zero-order chi connectivity index (χ0) is 13.9. The summed E-state index contributed by atoms with van der Waals surface area (Å²) in [4.78, 5) is 37.0. The van der Waals surface area contributed by atoms with E-state index in [1.54, 1.807) is 18.9 Å². The maximum atomic E-state index is 11.8. The Morgan fingerprint density at radius 1 is 1.61 bits per heavy atom. The number of likely N-dealkylation sites (tertiary alicyclic amines) is 1. The van der Waals surface area contributed by atoms with Gasteiger partial charge in [-0.2, -0.15) is 0 Å². The van der Waals surface area contributed by atoms with Gasteiger partial charge in [0.05, 0.1) is 0 Å². The van der Waals surface area contributed by atoms with E-state index in [-0.39, 0.29) is 5.91 Å². The van der Waals surface area contributed by atoms with E-state index >= 15 is 0 Å². The van der Waals surface area contributed by atoms with Crippen molar-refractivity contribution in [2.24, 2.45) is 0 Å². The average molecular weight is 257 g/mol. The summed E-state index contributed by atoms with van der Waals surface area (Å²) in [6.07, 6.45) is 0.872. The molecule has 1 rings (SSSR count). The highest BCUT2D eigenvalue weighted by Gasteiger charge is 2.33. The van der Waals surface area contributed by atoms with Gasteiger partial charge in [-0.3, -0.25) is 4.79 Å². The Morgan fingerprint density at radius 3 is 2.61 bits per heavy atom. The highest BCUT2D eigenvalue weighted by molar-refractivity contribution is 5.89. The van der Waals surface area contributed by atoms with Crippen LogP contribution in [0.4, 0.5) is 4.79 Å². The second-order valence-electron chi connectivity index (χ2n) is 4.42. The standard InChI is InChI=1S/C11H19N3O4/c1-4-8(10(16)17)14(3)11(18)12-7-5-6-13(2)9(7)15/h7-8H,4-6H2,1-3H3,(H,12,18)(H,16,17). The third-order valence-electron chi connectivity index (χ3n) is 3.18. The molecule has 2 N–H and O–H groups in total. The van der Waals surface area contributed by atoms with E-state index in [9.17, 15) is 14.4 Å². The van der Waals surface area contributed by atoms with Gasteiger partial charge in [-0.05, 0) is 12.8 Å². The lowest BCUT2D eigenvalue weighted by Gasteiger charge is -2.25. The minimum atomic E-state index is -1.05. The summed E-state index contributed by atoms with van der Waals surface area (Å²) in [5.74, 6) is -1.19. The molecule has 0 spiro atoms. The molecule has 1 aliphatic rings. The highest BCUT2D eigenvalue weighted by atomic mass is 16.4. The molecular weight excluding hydrogens is 238 g/mol. The predicted molar refractivity (Wildman–Crippen MR) is 64.1 cm³/mol. The Morgan fingerprint density at radius 2 is 2.22 bits per heavy atom. The van der Waals surface area contributed by atoms with Crippen LogP contribution in [0, 0.1) is 0 Å². The molecule has 3 amide bonds. The molecule has 7 heteroatoms. The molecule has 102 valence electrons. The summed E-state index contributed by atoms with van der Waals surface area (Å²) in [7, 11) is 3.09. The van der Waals surface area contributed by atoms with E-state index in [4.69, 9.17) is 5.11 Å². The summed E-state index contributed by atoms with van der Waals surface area (Å²) in [5.41, 5.74) is 0. The van der Waals surface area contributed by atoms with Gasteiger partial charge in [-0.25, -0.2) is 9.59 Å². The number of carbonyl (C=O) groups is 3. The van der Waals surface area contributed by atoms with Gasteiger partial charge in [0.15, 0.2) is 0 Å². The van der Waals surface area contributed by atoms with Crippen molar-refractivity contribution < 1.29 is 19.5 Å². The quantitative estimate of drug-likeness (QED) is 0.725. The van der Waals surface area contributed by atoms with E-state index in [2.05, 4.69) is 5.32 Å². The van der Waals surface area contributed by atoms with Crippen LogP contribution >= 0.6 is 0 Å². The fraction of sp³-hybridized carbons (Fsp3) is 0.727. The van der Waals surface area contributed by atoms with Crippen LogP contribution < -0.4 is 5.32 Å². The van der Waals surface area contributed by atoms with E-state index in [0.717, 1.165) is 4.90 Å². The summed E-state index contributed by atoms with van der Waals surface area (Å²) in [5, 5.41) is 11.5. The topological polar surface area (TPSA) is 89.9 Å². The molecule has 1 fully saturated rings. The van der Waals surface area contributed by atoms with Gasteiger partial charge in [0.25, 0.3) is 0 Å². The minimum absolute atomic E-state index is 0.139. The van der Waals surface area contributed by atoms with Crippen LogP contribution in [-0.2, 0) is 9.59 Å². The van der Waals surface area contributed by atoms with Crippen LogP contribution in [0.25, 0.3) is 0 Å². The number of likely N-dealkylation sites (N-methyl/N-ethyl adjacent to an activating group) is 2. The second kappa shape index (κ2) is 5.70. The average Bonchev–Trinajstić information content (AvgIpc) is 2.61. The van der Waals surface area contributed by atoms with Gasteiger partial charge < -0.3 is 20.2 Å². The Labute approximate surface area is 106 Å². The maximum absolute atomic E-state index is 11.8. The largest absolute Gasteiger partial charge is 0.480 e. The molecule has 0 radical (unpaired) electrons. The molecule has 0 saturated carbocycles. The van der Waals surface area contributed by atoms with Crippen LogP contribution in [0.15, 0.2) is 0 Å². The van der Waals surface area contributed by atoms with E-state index in [1.807, 2.05) is 0 Å². The number of hydrogen-bond acceptors (Lipinski definition) is 3. The normalized spacial score (nSPS) is 20.7. The molecule has 2 unspecified atom stereocenters. The molecule has 2 atom stereocenters. The van der Waals surface area contributed by atoms with E-state index in [1.165, 1.54) is 7.05 Å². The number of nitrogens with one attached hydrogen (secondary N) is 1. The summed E-state index contributed by atoms with van der Waals surface area (Å²) >= 11 is 0. The molecule has 0 aliphatic carbocycles. The van der Waals surface area contributed by atoms with Gasteiger partial charge in [0.1, 0.15) is 12.1 Å². The lowest BCUT2D eigenvalue weighted by molar-refractivity contribution is -0.141. The summed E-state index contributed by atoms with van der Waals surface area (Å²) < 4.78 is 0. The van der Waals surface area contributed by atoms with E-state index < -0.39 is 24.1 Å². The number of rotatable bonds is 4. The monoisotopic (exact) mass is 257 g/mol. The Balaban J connectivity index is 2.60. The Bertz CT molecular complexity index is 358. The predicted octanol–water partition coefficient (Wildman–Crippen LogP) is -0.278. The lowest BCUT2D eigenvalue weighted by atomic mass is 10.2. The smallest absolute Gasteiger partial charge is 0.326 e. The molecule has 1 saturated heterocycles. The van der Waals surface area contributed by atoms with Crippen molar-refractivity contribution in [2.45, 2.75) is 31.8 Å². The molecule has 0 aromatic carbocycles. The highest BCUT2D eigenvalue weighted by Crippen LogP contribution is 2.10. The zero-order valence-corrected chi connectivity index (χ0v) is 10.8. The number of carboxylic acids is 1. The minimum Gasteiger partial charge on any atom is -0.480 e. The van der Waals surface area contributed by atoms with Crippen LogP contribution in [0.2, 0.25) is 0 Å². The lowest BCUT2D eigenvalue weighted by Crippen LogP contribution is -2.51. The van der Waals surface area contributed by atoms with Crippen molar-refractivity contribution >= 4 is 17.9 Å². The van der Waals surface area contributed by atoms with Crippen molar-refractivity contribution in [2.75, 3.05) is 20.6 Å². The first-order chi connectivity index (χ1) is 8.38. The summed E-state index contributed by atoms with van der Waals surface area (Å²) in [6, 6.07) is -1.95. The number of aliphatic carboxylic acids is 1. The van der Waals surface area contributed by atoms with Crippen LogP contribution in [-0.4, -0.2) is 65.5 Å². The van der Waals surface area contributed by atoms with Crippen molar-refractivity contribution in [1.29, 1.82) is 0 Å². The SMILES string of the molecule is CCC(C(=O)O)N(C)C(=O)NC1CCN(C)C1=O. The zero-order valence-electron chi connectivity index (χ0n) is 10.8. The summed E-state index contributed by atoms with van der Waals surface area (Å²) in [6.45, 7) is 2.29. The molecule has 1 aliphatic heterocycles. The third kappa shape index (κ3) is 2.91. The molecule has 7 nitrogen and oxygen atoms in total. The molecule has 0 bridgehead atoms. The Hall–Kier alpha value is -1.79. The third-order valence-corrected chi connectivity index (χ3v) is 3.18. The number of carbonyl (C=O) groups excluding carboxylic acids is 2. The fourth-order valence-electron chi connectivity index (χ4n) is 1.96. The number of hydrogen-bond donors (Lipinski definition) is 2. The molecule has 0 aromatic heterocycles. The van der Waals surface area contributed by atoms with Gasteiger partial charge in [0.2, 0.25) is 5.91 Å². The van der Waals surface area contributed by atoms with Gasteiger partial charge in [-0.1, -0.05) is 6.92 Å². The van der Waals surface area contributed by atoms with E-state index in [0.29, 0.717) is 19.4 Å². The first-order valence-corrected chi connectivity index (χ1v) is 5.89. The molecule has 1 heterocycles. The number of nitrogens with zero attached hydrogens (tertiary/aromatic N) is 2. The Kier molecular flexibility index (Phi) is 4.52. The maximum Gasteiger partial charge on any atom is 0.326 e. The fourth-order valence-corrected chi connectivity index (χ4v) is 1.96. The van der Waals surface area contributed by atoms with Crippen molar-refractivity contribution in [1.82, 2.24) is 15.1 Å². The van der Waals surface area contributed by atoms with Gasteiger partial charge >= 0.3 is 12.0 Å². The molecular formula is C11H19N3O4. The number of carboxylic acid groups (broad SMARTS) is 1. The van der Waals surface area contributed by atoms with Crippen molar-refractivity contribution in [3.05, 3.63) is 0 Å². The van der Waals surface area contributed by atoms with Crippen LogP contribution in [0.5, 0.6) is 0 Å². The molecule has 18 heavy (non-hydrogen) atoms. The first kappa shape index (κ1) is 14.3. The van der Waals surface area contributed by atoms with Crippen LogP contribution in [0.1, 0.15) is 19.8 Å². The number of urea groups is 1. The van der Waals surface area contributed by atoms with Gasteiger partial charge in [0, 0.05) is 20.6 Å². The van der Waals surface area contributed by atoms with Gasteiger partial charge in [-0.15, -0.1) is 0 Å². The second-order valence-corrected chi connectivity index (χ2v) is 4.42. The first-order valence-electron chi connectivity index (χ1n) is 5.89. The van der Waals surface area contributed by atoms with Crippen molar-refractivity contribution in [3.63, 3.8) is 0 Å². The van der Waals surface area contributed by atoms with Crippen molar-refractivity contribution in [3.8, 4) is 0 Å².